The molecule has 0 saturated heterocycles. The van der Waals surface area contributed by atoms with Crippen LogP contribution in [0.2, 0.25) is 0 Å². The quantitative estimate of drug-likeness (QED) is 0.867. The molecule has 1 amide bonds. The lowest BCUT2D eigenvalue weighted by molar-refractivity contribution is 0.0174. The van der Waals surface area contributed by atoms with Gasteiger partial charge in [0.05, 0.1) is 6.07 Å². The normalized spacial score (nSPS) is 12.6. The van der Waals surface area contributed by atoms with Crippen LogP contribution in [0.5, 0.6) is 0 Å². The van der Waals surface area contributed by atoms with E-state index < -0.39 is 18.1 Å². The highest BCUT2D eigenvalue weighted by Crippen LogP contribution is 2.26. The first-order chi connectivity index (χ1) is 8.32. The van der Waals surface area contributed by atoms with Crippen LogP contribution in [0.1, 0.15) is 18.1 Å². The highest BCUT2D eigenvalue weighted by Gasteiger charge is 2.23. The summed E-state index contributed by atoms with van der Waals surface area (Å²) in [5.41, 5.74) is 0.495. The maximum Gasteiger partial charge on any atom is 0.405 e. The summed E-state index contributed by atoms with van der Waals surface area (Å²) in [4.78, 5) is 10.4. The molecule has 1 aromatic rings. The number of alkyl halides is 2. The minimum absolute atomic E-state index is 0.119. The number of nitriles is 1. The summed E-state index contributed by atoms with van der Waals surface area (Å²) in [7, 11) is 0. The predicted molar refractivity (Wildman–Crippen MR) is 60.3 cm³/mol. The second kappa shape index (κ2) is 5.45. The zero-order valence-electron chi connectivity index (χ0n) is 9.65. The van der Waals surface area contributed by atoms with Gasteiger partial charge in [-0.3, -0.25) is 0 Å². The Bertz CT molecular complexity index is 460. The number of nitrogens with one attached hydrogen (secondary N) is 1. The van der Waals surface area contributed by atoms with E-state index in [1.54, 1.807) is 6.07 Å². The summed E-state index contributed by atoms with van der Waals surface area (Å²) in [5, 5.41) is 19.2. The van der Waals surface area contributed by atoms with Crippen molar-refractivity contribution in [3.05, 3.63) is 35.4 Å². The van der Waals surface area contributed by atoms with Gasteiger partial charge < -0.3 is 10.4 Å². The van der Waals surface area contributed by atoms with Crippen LogP contribution in [0.15, 0.2) is 24.3 Å². The van der Waals surface area contributed by atoms with E-state index in [0.29, 0.717) is 5.56 Å². The van der Waals surface area contributed by atoms with Gasteiger partial charge in [0.2, 0.25) is 0 Å². The number of carbonyl (C=O) groups is 1. The second-order valence-electron chi connectivity index (χ2n) is 3.92. The first-order valence-electron chi connectivity index (χ1n) is 5.19. The maximum absolute atomic E-state index is 12.9. The summed E-state index contributed by atoms with van der Waals surface area (Å²) in [6.45, 7) is 0.798. The Morgan fingerprint density at radius 2 is 2.06 bits per heavy atom. The molecule has 18 heavy (non-hydrogen) atoms. The third-order valence-electron chi connectivity index (χ3n) is 2.35. The number of carboxylic acid groups (broad SMARTS) is 1. The first-order valence-corrected chi connectivity index (χ1v) is 5.19. The molecule has 1 unspecified atom stereocenters. The van der Waals surface area contributed by atoms with Crippen molar-refractivity contribution >= 4 is 6.09 Å². The van der Waals surface area contributed by atoms with Crippen LogP contribution >= 0.6 is 0 Å². The lowest BCUT2D eigenvalue weighted by atomic mass is 10.0. The number of rotatable bonds is 4. The SMILES string of the molecule is CC(F)(F)c1ccc(CC(C#N)NC(=O)O)cc1. The minimum atomic E-state index is -2.91. The van der Waals surface area contributed by atoms with Crippen molar-refractivity contribution in [3.8, 4) is 6.07 Å². The number of benzene rings is 1. The smallest absolute Gasteiger partial charge is 0.405 e. The molecule has 1 aromatic carbocycles. The molecule has 0 aliphatic heterocycles. The van der Waals surface area contributed by atoms with Crippen LogP contribution in [0.3, 0.4) is 0 Å². The van der Waals surface area contributed by atoms with E-state index in [2.05, 4.69) is 0 Å². The van der Waals surface area contributed by atoms with E-state index in [0.717, 1.165) is 6.92 Å². The van der Waals surface area contributed by atoms with Crippen LogP contribution in [0, 0.1) is 11.3 Å². The van der Waals surface area contributed by atoms with Crippen molar-refractivity contribution in [1.82, 2.24) is 5.32 Å². The van der Waals surface area contributed by atoms with E-state index in [9.17, 15) is 13.6 Å². The number of halogens is 2. The Kier molecular flexibility index (Phi) is 4.21. The van der Waals surface area contributed by atoms with Gasteiger partial charge in [0.25, 0.3) is 5.92 Å². The van der Waals surface area contributed by atoms with Crippen molar-refractivity contribution in [1.29, 1.82) is 5.26 Å². The van der Waals surface area contributed by atoms with Crippen LogP contribution in [0.4, 0.5) is 13.6 Å². The number of nitrogens with zero attached hydrogens (tertiary/aromatic N) is 1. The maximum atomic E-state index is 12.9. The van der Waals surface area contributed by atoms with Crippen LogP contribution in [0.25, 0.3) is 0 Å². The van der Waals surface area contributed by atoms with E-state index in [1.165, 1.54) is 24.3 Å². The molecular formula is C12H12F2N2O2. The monoisotopic (exact) mass is 254 g/mol. The van der Waals surface area contributed by atoms with Crippen molar-refractivity contribution < 1.29 is 18.7 Å². The van der Waals surface area contributed by atoms with Gasteiger partial charge in [0.15, 0.2) is 0 Å². The van der Waals surface area contributed by atoms with E-state index >= 15 is 0 Å². The molecule has 0 radical (unpaired) electrons. The molecule has 0 aliphatic carbocycles. The minimum Gasteiger partial charge on any atom is -0.465 e. The predicted octanol–water partition coefficient (Wildman–Crippen LogP) is 2.50. The molecule has 0 fully saturated rings. The fraction of sp³-hybridized carbons (Fsp3) is 0.333. The Balaban J connectivity index is 2.75. The summed E-state index contributed by atoms with van der Waals surface area (Å²) < 4.78 is 25.9. The molecule has 96 valence electrons. The lowest BCUT2D eigenvalue weighted by Crippen LogP contribution is -2.34. The molecule has 4 nitrogen and oxygen atoms in total. The average Bonchev–Trinajstić information content (AvgIpc) is 2.27. The largest absolute Gasteiger partial charge is 0.465 e. The van der Waals surface area contributed by atoms with Crippen molar-refractivity contribution in [2.45, 2.75) is 25.3 Å². The molecule has 0 heterocycles. The second-order valence-corrected chi connectivity index (χ2v) is 3.92. The van der Waals surface area contributed by atoms with Gasteiger partial charge in [0, 0.05) is 18.9 Å². The third-order valence-corrected chi connectivity index (χ3v) is 2.35. The number of hydrogen-bond acceptors (Lipinski definition) is 2. The van der Waals surface area contributed by atoms with Crippen molar-refractivity contribution in [3.63, 3.8) is 0 Å². The molecule has 2 N–H and O–H groups in total. The van der Waals surface area contributed by atoms with Gasteiger partial charge in [-0.25, -0.2) is 13.6 Å². The van der Waals surface area contributed by atoms with Gasteiger partial charge in [-0.15, -0.1) is 0 Å². The van der Waals surface area contributed by atoms with Gasteiger partial charge >= 0.3 is 6.09 Å². The van der Waals surface area contributed by atoms with E-state index in [4.69, 9.17) is 10.4 Å². The fourth-order valence-corrected chi connectivity index (χ4v) is 1.45. The Morgan fingerprint density at radius 3 is 2.44 bits per heavy atom. The average molecular weight is 254 g/mol. The molecular weight excluding hydrogens is 242 g/mol. The fourth-order valence-electron chi connectivity index (χ4n) is 1.45. The number of hydrogen-bond donors (Lipinski definition) is 2. The van der Waals surface area contributed by atoms with Crippen molar-refractivity contribution in [2.75, 3.05) is 0 Å². The molecule has 6 heteroatoms. The topological polar surface area (TPSA) is 73.1 Å². The van der Waals surface area contributed by atoms with Crippen LogP contribution in [-0.2, 0) is 12.3 Å². The Morgan fingerprint density at radius 1 is 1.50 bits per heavy atom. The zero-order chi connectivity index (χ0) is 13.8. The third kappa shape index (κ3) is 4.01. The molecule has 0 bridgehead atoms. The number of amides is 1. The van der Waals surface area contributed by atoms with Gasteiger partial charge in [-0.1, -0.05) is 24.3 Å². The van der Waals surface area contributed by atoms with E-state index in [-0.39, 0.29) is 12.0 Å². The van der Waals surface area contributed by atoms with Crippen LogP contribution in [-0.4, -0.2) is 17.2 Å². The summed E-state index contributed by atoms with van der Waals surface area (Å²) in [5.74, 6) is -2.91. The van der Waals surface area contributed by atoms with Gasteiger partial charge in [-0.2, -0.15) is 5.26 Å². The summed E-state index contributed by atoms with van der Waals surface area (Å²) in [6.07, 6.45) is -1.16. The molecule has 1 rings (SSSR count). The van der Waals surface area contributed by atoms with Gasteiger partial charge in [-0.05, 0) is 5.56 Å². The standard InChI is InChI=1S/C12H12F2N2O2/c1-12(13,14)9-4-2-8(3-5-9)6-10(7-15)16-11(17)18/h2-5,10,16H,6H2,1H3,(H,17,18). The molecule has 0 aliphatic rings. The van der Waals surface area contributed by atoms with Crippen LogP contribution < -0.4 is 5.32 Å². The first kappa shape index (κ1) is 13.9. The Hall–Kier alpha value is -2.16. The molecule has 0 aromatic heterocycles. The summed E-state index contributed by atoms with van der Waals surface area (Å²) >= 11 is 0. The highest BCUT2D eigenvalue weighted by molar-refractivity contribution is 5.65. The lowest BCUT2D eigenvalue weighted by Gasteiger charge is -2.12. The molecule has 1 atom stereocenters. The van der Waals surface area contributed by atoms with E-state index in [1.807, 2.05) is 5.32 Å². The molecule has 0 spiro atoms. The van der Waals surface area contributed by atoms with Crippen molar-refractivity contribution in [2.24, 2.45) is 0 Å². The summed E-state index contributed by atoms with van der Waals surface area (Å²) in [6, 6.07) is 6.35. The highest BCUT2D eigenvalue weighted by atomic mass is 19.3. The molecule has 0 saturated carbocycles. The Labute approximate surface area is 103 Å². The van der Waals surface area contributed by atoms with Gasteiger partial charge in [0.1, 0.15) is 6.04 Å². The zero-order valence-corrected chi connectivity index (χ0v) is 9.65.